The Balaban J connectivity index is 0.000000223. The van der Waals surface area contributed by atoms with Gasteiger partial charge in [-0.3, -0.25) is 9.59 Å². The summed E-state index contributed by atoms with van der Waals surface area (Å²) >= 11 is 0. The quantitative estimate of drug-likeness (QED) is 0.0463. The molecule has 5 N–H and O–H groups in total. The molecular formula is C61H67F3N6O11. The zero-order chi connectivity index (χ0) is 59.8. The molecule has 428 valence electrons. The van der Waals surface area contributed by atoms with Crippen molar-refractivity contribution in [3.8, 4) is 33.4 Å². The molecule has 1 aliphatic heterocycles. The second-order valence-corrected chi connectivity index (χ2v) is 19.1. The maximum Gasteiger partial charge on any atom is 0.340 e. The van der Waals surface area contributed by atoms with Gasteiger partial charge in [0.25, 0.3) is 0 Å². The topological polar surface area (TPSA) is 251 Å². The molecule has 6 aromatic rings. The van der Waals surface area contributed by atoms with E-state index in [1.807, 2.05) is 41.5 Å². The summed E-state index contributed by atoms with van der Waals surface area (Å²) < 4.78 is 65.1. The van der Waals surface area contributed by atoms with E-state index >= 15 is 0 Å². The number of anilines is 3. The molecule has 0 bridgehead atoms. The lowest BCUT2D eigenvalue weighted by atomic mass is 9.87. The van der Waals surface area contributed by atoms with E-state index in [1.54, 1.807) is 38.1 Å². The Labute approximate surface area is 468 Å². The van der Waals surface area contributed by atoms with E-state index in [0.717, 1.165) is 5.56 Å². The molecule has 0 saturated heterocycles. The first-order valence-corrected chi connectivity index (χ1v) is 26.1. The molecule has 81 heavy (non-hydrogen) atoms. The highest BCUT2D eigenvalue weighted by Gasteiger charge is 2.31. The molecular weight excluding hydrogens is 1050 g/mol. The van der Waals surface area contributed by atoms with E-state index in [9.17, 15) is 41.9 Å². The number of methoxy groups -OCH3 is 3. The van der Waals surface area contributed by atoms with Crippen LogP contribution in [-0.2, 0) is 50.9 Å². The highest BCUT2D eigenvalue weighted by atomic mass is 19.1. The van der Waals surface area contributed by atoms with E-state index in [2.05, 4.69) is 20.3 Å². The number of esters is 5. The number of pyridine rings is 3. The minimum atomic E-state index is -0.596. The molecule has 0 saturated carbocycles. The lowest BCUT2D eigenvalue weighted by molar-refractivity contribution is -0.143. The van der Waals surface area contributed by atoms with E-state index in [1.165, 1.54) is 82.0 Å². The van der Waals surface area contributed by atoms with Crippen LogP contribution in [0, 0.1) is 17.5 Å². The van der Waals surface area contributed by atoms with Crippen LogP contribution < -0.4 is 16.8 Å². The maximum absolute atomic E-state index is 13.5. The lowest BCUT2D eigenvalue weighted by Crippen LogP contribution is -2.24. The van der Waals surface area contributed by atoms with Crippen molar-refractivity contribution in [1.29, 1.82) is 0 Å². The number of benzene rings is 3. The third-order valence-corrected chi connectivity index (χ3v) is 12.6. The molecule has 1 aliphatic rings. The number of carbonyl (C=O) groups is 6. The van der Waals surface area contributed by atoms with Crippen molar-refractivity contribution in [3.05, 3.63) is 147 Å². The Bertz CT molecular complexity index is 3310. The van der Waals surface area contributed by atoms with Gasteiger partial charge in [-0.05, 0) is 104 Å². The fraction of sp³-hybridized carbons (Fsp3) is 0.328. The smallest absolute Gasteiger partial charge is 0.340 e. The molecule has 20 heteroatoms. The first-order valence-electron chi connectivity index (χ1n) is 26.1. The van der Waals surface area contributed by atoms with Crippen molar-refractivity contribution in [2.24, 2.45) is 0 Å². The van der Waals surface area contributed by atoms with Crippen LogP contribution in [0.2, 0.25) is 0 Å². The van der Waals surface area contributed by atoms with Crippen LogP contribution in [0.15, 0.2) is 78.9 Å². The number of fused-ring (bicyclic) bond motifs is 1. The third kappa shape index (κ3) is 15.5. The lowest BCUT2D eigenvalue weighted by Gasteiger charge is -2.24. The minimum Gasteiger partial charge on any atom is -0.466 e. The van der Waals surface area contributed by atoms with Gasteiger partial charge in [0.2, 0.25) is 5.91 Å². The molecule has 0 radical (unpaired) electrons. The van der Waals surface area contributed by atoms with Gasteiger partial charge in [-0.1, -0.05) is 77.9 Å². The SMILES string of the molecule is CCOC(=O)/C=C/c1c(N)nc(C(C)C)c(C(=O)OC)c1-c1ccc(F)cc1.CCOC(=O)CCc1c(N)nc(C(C)C)c(C(=O)OC)c1-c1ccc(F)cc1.COC(=O)c1c(C(C)C)nc2c(c1-c1ccc(F)cc1)CCC(=O)N2. The molecule has 0 atom stereocenters. The molecule has 3 aromatic carbocycles. The zero-order valence-electron chi connectivity index (χ0n) is 47.2. The van der Waals surface area contributed by atoms with Crippen molar-refractivity contribution >= 4 is 59.3 Å². The molecule has 0 fully saturated rings. The Kier molecular flexibility index (Phi) is 22.4. The second kappa shape index (κ2) is 28.8. The molecule has 17 nitrogen and oxygen atoms in total. The summed E-state index contributed by atoms with van der Waals surface area (Å²) in [4.78, 5) is 86.5. The molecule has 7 rings (SSSR count). The summed E-state index contributed by atoms with van der Waals surface area (Å²) in [7, 11) is 3.88. The normalized spacial score (nSPS) is 11.7. The largest absolute Gasteiger partial charge is 0.466 e. The summed E-state index contributed by atoms with van der Waals surface area (Å²) in [5, 5.41) is 2.78. The van der Waals surface area contributed by atoms with Crippen LogP contribution in [0.4, 0.5) is 30.6 Å². The summed E-state index contributed by atoms with van der Waals surface area (Å²) in [6.45, 7) is 15.3. The predicted octanol–water partition coefficient (Wildman–Crippen LogP) is 11.5. The van der Waals surface area contributed by atoms with Gasteiger partial charge in [-0.2, -0.15) is 0 Å². The first-order chi connectivity index (χ1) is 38.5. The van der Waals surface area contributed by atoms with Crippen molar-refractivity contribution in [2.75, 3.05) is 51.3 Å². The Hall–Kier alpha value is -8.94. The van der Waals surface area contributed by atoms with E-state index in [-0.39, 0.29) is 84.3 Å². The van der Waals surface area contributed by atoms with Gasteiger partial charge >= 0.3 is 29.8 Å². The predicted molar refractivity (Wildman–Crippen MR) is 302 cm³/mol. The van der Waals surface area contributed by atoms with Gasteiger partial charge in [0.1, 0.15) is 34.9 Å². The number of hydrogen-bond acceptors (Lipinski definition) is 16. The number of nitrogens with zero attached hydrogens (tertiary/aromatic N) is 3. The van der Waals surface area contributed by atoms with E-state index in [0.29, 0.717) is 85.8 Å². The third-order valence-electron chi connectivity index (χ3n) is 12.6. The van der Waals surface area contributed by atoms with Gasteiger partial charge in [0.05, 0.1) is 68.3 Å². The number of nitrogen functional groups attached to an aromatic ring is 2. The first kappa shape index (κ1) is 62.9. The number of aromatic nitrogens is 3. The Morgan fingerprint density at radius 2 is 0.988 bits per heavy atom. The fourth-order valence-corrected chi connectivity index (χ4v) is 8.91. The number of amides is 1. The number of nitrogens with one attached hydrogen (secondary N) is 1. The second-order valence-electron chi connectivity index (χ2n) is 19.1. The van der Waals surface area contributed by atoms with Crippen LogP contribution in [0.3, 0.4) is 0 Å². The molecule has 0 unspecified atom stereocenters. The zero-order valence-corrected chi connectivity index (χ0v) is 47.2. The van der Waals surface area contributed by atoms with E-state index in [4.69, 9.17) is 35.2 Å². The average molecular weight is 1120 g/mol. The number of halogens is 3. The number of carbonyl (C=O) groups excluding carboxylic acids is 6. The van der Waals surface area contributed by atoms with Gasteiger partial charge in [-0.15, -0.1) is 0 Å². The van der Waals surface area contributed by atoms with Crippen LogP contribution in [0.1, 0.15) is 151 Å². The molecule has 1 amide bonds. The van der Waals surface area contributed by atoms with Crippen molar-refractivity contribution < 1.29 is 65.6 Å². The standard InChI is InChI=1S/C21H25FN2O4.C21H23FN2O4.C19H19FN2O3/c2*1-5-28-16(25)11-10-15-17(13-6-8-14(22)9-7-13)18(21(26)27-4)19(12(2)3)24-20(15)23;1-10(2)17-16(19(24)25-3)15(11-4-6-12(20)7-5-11)13-8-9-14(23)21-18(13)22-17/h6-9,12H,5,10-11H2,1-4H3,(H2,23,24);6-12H,5H2,1-4H3,(H2,23,24);4-7,10H,8-9H2,1-3H3,(H,21,22,23)/b;11-10+;. The fourth-order valence-electron chi connectivity index (χ4n) is 8.91. The van der Waals surface area contributed by atoms with Gasteiger partial charge in [-0.25, -0.2) is 47.3 Å². The number of rotatable bonds is 16. The van der Waals surface area contributed by atoms with Crippen molar-refractivity contribution in [2.45, 2.75) is 98.8 Å². The van der Waals surface area contributed by atoms with E-state index < -0.39 is 35.5 Å². The molecule has 4 heterocycles. The van der Waals surface area contributed by atoms with Gasteiger partial charge in [0, 0.05) is 52.3 Å². The van der Waals surface area contributed by atoms with Crippen LogP contribution >= 0.6 is 0 Å². The van der Waals surface area contributed by atoms with Crippen molar-refractivity contribution in [1.82, 2.24) is 15.0 Å². The molecule has 0 spiro atoms. The number of hydrogen-bond donors (Lipinski definition) is 3. The monoisotopic (exact) mass is 1120 g/mol. The Morgan fingerprint density at radius 1 is 0.580 bits per heavy atom. The number of ether oxygens (including phenoxy) is 5. The average Bonchev–Trinajstić information content (AvgIpc) is 3.54. The highest BCUT2D eigenvalue weighted by molar-refractivity contribution is 6.05. The Morgan fingerprint density at radius 3 is 1.43 bits per heavy atom. The molecule has 3 aromatic heterocycles. The summed E-state index contributed by atoms with van der Waals surface area (Å²) in [5.74, 6) is -3.33. The minimum absolute atomic E-state index is 0.0579. The summed E-state index contributed by atoms with van der Waals surface area (Å²) in [5.41, 5.74) is 19.8. The summed E-state index contributed by atoms with van der Waals surface area (Å²) in [6, 6.07) is 17.3. The summed E-state index contributed by atoms with van der Waals surface area (Å²) in [6.07, 6.45) is 3.73. The maximum atomic E-state index is 13.5. The van der Waals surface area contributed by atoms with Gasteiger partial charge < -0.3 is 40.5 Å². The van der Waals surface area contributed by atoms with Crippen LogP contribution in [-0.4, -0.2) is 85.2 Å². The van der Waals surface area contributed by atoms with Crippen LogP contribution in [0.25, 0.3) is 39.5 Å². The number of nitrogens with two attached hydrogens (primary N) is 2. The molecule has 0 aliphatic carbocycles. The van der Waals surface area contributed by atoms with Gasteiger partial charge in [0.15, 0.2) is 0 Å². The highest BCUT2D eigenvalue weighted by Crippen LogP contribution is 2.41. The van der Waals surface area contributed by atoms with Crippen molar-refractivity contribution in [3.63, 3.8) is 0 Å². The van der Waals surface area contributed by atoms with Crippen LogP contribution in [0.5, 0.6) is 0 Å².